The minimum Gasteiger partial charge on any atom is -0.330 e. The SMILES string of the molecule is CC1CCCC(NCCCCCCN)CC1. The van der Waals surface area contributed by atoms with E-state index in [-0.39, 0.29) is 0 Å². The second kappa shape index (κ2) is 9.00. The molecule has 2 unspecified atom stereocenters. The van der Waals surface area contributed by atoms with Crippen LogP contribution >= 0.6 is 0 Å². The highest BCUT2D eigenvalue weighted by atomic mass is 14.9. The van der Waals surface area contributed by atoms with Gasteiger partial charge in [0.25, 0.3) is 0 Å². The molecule has 1 aliphatic carbocycles. The van der Waals surface area contributed by atoms with Crippen molar-refractivity contribution in [2.45, 2.75) is 70.8 Å². The molecule has 1 fully saturated rings. The van der Waals surface area contributed by atoms with E-state index in [1.54, 1.807) is 0 Å². The van der Waals surface area contributed by atoms with E-state index in [0.29, 0.717) is 0 Å². The third-order valence-electron chi connectivity index (χ3n) is 3.82. The Morgan fingerprint density at radius 3 is 2.62 bits per heavy atom. The Balaban J connectivity index is 1.95. The first-order chi connectivity index (χ1) is 7.83. The average Bonchev–Trinajstić information content (AvgIpc) is 2.49. The minimum atomic E-state index is 0.805. The van der Waals surface area contributed by atoms with E-state index in [9.17, 15) is 0 Å². The number of hydrogen-bond acceptors (Lipinski definition) is 2. The fourth-order valence-electron chi connectivity index (χ4n) is 2.62. The van der Waals surface area contributed by atoms with Gasteiger partial charge in [0.05, 0.1) is 0 Å². The van der Waals surface area contributed by atoms with Gasteiger partial charge in [-0.3, -0.25) is 0 Å². The minimum absolute atomic E-state index is 0.805. The van der Waals surface area contributed by atoms with Crippen LogP contribution in [0.15, 0.2) is 0 Å². The molecule has 2 heteroatoms. The quantitative estimate of drug-likeness (QED) is 0.517. The summed E-state index contributed by atoms with van der Waals surface area (Å²) in [5, 5.41) is 3.73. The molecule has 0 aromatic carbocycles. The molecule has 3 N–H and O–H groups in total. The maximum Gasteiger partial charge on any atom is 0.00671 e. The molecule has 0 aromatic rings. The first kappa shape index (κ1) is 14.0. The summed E-state index contributed by atoms with van der Waals surface area (Å²) in [6.07, 6.45) is 12.2. The molecule has 0 spiro atoms. The predicted molar refractivity (Wildman–Crippen MR) is 71.6 cm³/mol. The Bertz CT molecular complexity index is 159. The van der Waals surface area contributed by atoms with Crippen LogP contribution in [0, 0.1) is 5.92 Å². The van der Waals surface area contributed by atoms with E-state index in [0.717, 1.165) is 18.5 Å². The number of unbranched alkanes of at least 4 members (excludes halogenated alkanes) is 3. The van der Waals surface area contributed by atoms with Crippen LogP contribution in [-0.2, 0) is 0 Å². The lowest BCUT2D eigenvalue weighted by Crippen LogP contribution is -2.29. The molecule has 1 saturated carbocycles. The Labute approximate surface area is 101 Å². The molecule has 1 rings (SSSR count). The number of nitrogens with one attached hydrogen (secondary N) is 1. The Morgan fingerprint density at radius 1 is 1.00 bits per heavy atom. The zero-order valence-corrected chi connectivity index (χ0v) is 11.0. The summed E-state index contributed by atoms with van der Waals surface area (Å²) >= 11 is 0. The van der Waals surface area contributed by atoms with Crippen molar-refractivity contribution in [3.05, 3.63) is 0 Å². The zero-order chi connectivity index (χ0) is 11.6. The van der Waals surface area contributed by atoms with Gasteiger partial charge < -0.3 is 11.1 Å². The Morgan fingerprint density at radius 2 is 1.81 bits per heavy atom. The van der Waals surface area contributed by atoms with Crippen LogP contribution in [0.1, 0.15) is 64.7 Å². The summed E-state index contributed by atoms with van der Waals surface area (Å²) in [5.41, 5.74) is 5.47. The van der Waals surface area contributed by atoms with Gasteiger partial charge in [0.1, 0.15) is 0 Å². The topological polar surface area (TPSA) is 38.0 Å². The van der Waals surface area contributed by atoms with Crippen molar-refractivity contribution in [1.82, 2.24) is 5.32 Å². The third-order valence-corrected chi connectivity index (χ3v) is 3.82. The normalized spacial score (nSPS) is 26.6. The van der Waals surface area contributed by atoms with Gasteiger partial charge in [0.15, 0.2) is 0 Å². The number of hydrogen-bond donors (Lipinski definition) is 2. The van der Waals surface area contributed by atoms with E-state index in [1.807, 2.05) is 0 Å². The van der Waals surface area contributed by atoms with Crippen LogP contribution in [-0.4, -0.2) is 19.1 Å². The van der Waals surface area contributed by atoms with Crippen molar-refractivity contribution in [2.24, 2.45) is 11.7 Å². The third kappa shape index (κ3) is 6.49. The first-order valence-electron chi connectivity index (χ1n) is 7.26. The molecule has 0 bridgehead atoms. The summed E-state index contributed by atoms with van der Waals surface area (Å²) in [6.45, 7) is 4.47. The fourth-order valence-corrected chi connectivity index (χ4v) is 2.62. The van der Waals surface area contributed by atoms with Crippen LogP contribution in [0.4, 0.5) is 0 Å². The number of nitrogens with two attached hydrogens (primary N) is 1. The van der Waals surface area contributed by atoms with E-state index in [1.165, 1.54) is 64.3 Å². The van der Waals surface area contributed by atoms with Gasteiger partial charge in [0.2, 0.25) is 0 Å². The molecule has 2 atom stereocenters. The summed E-state index contributed by atoms with van der Waals surface area (Å²) in [5.74, 6) is 0.955. The smallest absolute Gasteiger partial charge is 0.00671 e. The lowest BCUT2D eigenvalue weighted by atomic mass is 10.0. The van der Waals surface area contributed by atoms with Crippen LogP contribution < -0.4 is 11.1 Å². The fraction of sp³-hybridized carbons (Fsp3) is 1.00. The van der Waals surface area contributed by atoms with Crippen LogP contribution in [0.2, 0.25) is 0 Å². The molecule has 96 valence electrons. The highest BCUT2D eigenvalue weighted by Crippen LogP contribution is 2.22. The lowest BCUT2D eigenvalue weighted by molar-refractivity contribution is 0.439. The van der Waals surface area contributed by atoms with Gasteiger partial charge in [-0.2, -0.15) is 0 Å². The van der Waals surface area contributed by atoms with Crippen LogP contribution in [0.5, 0.6) is 0 Å². The average molecular weight is 226 g/mol. The molecule has 1 aliphatic rings. The Hall–Kier alpha value is -0.0800. The Kier molecular flexibility index (Phi) is 7.87. The molecule has 2 nitrogen and oxygen atoms in total. The van der Waals surface area contributed by atoms with Crippen molar-refractivity contribution >= 4 is 0 Å². The molecule has 0 heterocycles. The van der Waals surface area contributed by atoms with Gasteiger partial charge >= 0.3 is 0 Å². The summed E-state index contributed by atoms with van der Waals surface area (Å²) < 4.78 is 0. The second-order valence-electron chi connectivity index (χ2n) is 5.47. The van der Waals surface area contributed by atoms with Gasteiger partial charge in [0, 0.05) is 6.04 Å². The molecule has 16 heavy (non-hydrogen) atoms. The lowest BCUT2D eigenvalue weighted by Gasteiger charge is -2.16. The molecular weight excluding hydrogens is 196 g/mol. The van der Waals surface area contributed by atoms with Crippen molar-refractivity contribution in [3.8, 4) is 0 Å². The summed E-state index contributed by atoms with van der Waals surface area (Å²) in [7, 11) is 0. The van der Waals surface area contributed by atoms with E-state index < -0.39 is 0 Å². The largest absolute Gasteiger partial charge is 0.330 e. The van der Waals surface area contributed by atoms with E-state index in [2.05, 4.69) is 12.2 Å². The summed E-state index contributed by atoms with van der Waals surface area (Å²) in [4.78, 5) is 0. The predicted octanol–water partition coefficient (Wildman–Crippen LogP) is 3.06. The monoisotopic (exact) mass is 226 g/mol. The molecule has 0 amide bonds. The molecular formula is C14H30N2. The van der Waals surface area contributed by atoms with Crippen molar-refractivity contribution in [3.63, 3.8) is 0 Å². The first-order valence-corrected chi connectivity index (χ1v) is 7.26. The van der Waals surface area contributed by atoms with Crippen molar-refractivity contribution in [2.75, 3.05) is 13.1 Å². The number of rotatable bonds is 7. The zero-order valence-electron chi connectivity index (χ0n) is 11.0. The van der Waals surface area contributed by atoms with Gasteiger partial charge in [-0.15, -0.1) is 0 Å². The molecule has 0 saturated heterocycles. The van der Waals surface area contributed by atoms with Crippen LogP contribution in [0.25, 0.3) is 0 Å². The second-order valence-corrected chi connectivity index (χ2v) is 5.47. The maximum atomic E-state index is 5.47. The van der Waals surface area contributed by atoms with Gasteiger partial charge in [-0.25, -0.2) is 0 Å². The molecule has 0 radical (unpaired) electrons. The van der Waals surface area contributed by atoms with Crippen molar-refractivity contribution in [1.29, 1.82) is 0 Å². The summed E-state index contributed by atoms with van der Waals surface area (Å²) in [6, 6.07) is 0.805. The maximum absolute atomic E-state index is 5.47. The standard InChI is InChI=1S/C14H30N2/c1-13-7-6-8-14(10-9-13)16-12-5-3-2-4-11-15/h13-14,16H,2-12,15H2,1H3. The van der Waals surface area contributed by atoms with E-state index in [4.69, 9.17) is 5.73 Å². The van der Waals surface area contributed by atoms with Crippen LogP contribution in [0.3, 0.4) is 0 Å². The van der Waals surface area contributed by atoms with Crippen molar-refractivity contribution < 1.29 is 0 Å². The van der Waals surface area contributed by atoms with E-state index >= 15 is 0 Å². The van der Waals surface area contributed by atoms with Gasteiger partial charge in [-0.1, -0.05) is 32.6 Å². The molecule has 0 aliphatic heterocycles. The van der Waals surface area contributed by atoms with Gasteiger partial charge in [-0.05, 0) is 51.1 Å². The highest BCUT2D eigenvalue weighted by molar-refractivity contribution is 4.73. The molecule has 0 aromatic heterocycles. The highest BCUT2D eigenvalue weighted by Gasteiger charge is 2.14.